The number of anilines is 1. The van der Waals surface area contributed by atoms with E-state index in [4.69, 9.17) is 5.73 Å². The van der Waals surface area contributed by atoms with Crippen molar-refractivity contribution >= 4 is 11.6 Å². The molecule has 3 nitrogen and oxygen atoms in total. The van der Waals surface area contributed by atoms with Crippen molar-refractivity contribution in [3.63, 3.8) is 0 Å². The van der Waals surface area contributed by atoms with E-state index in [1.807, 2.05) is 6.92 Å². The summed E-state index contributed by atoms with van der Waals surface area (Å²) in [4.78, 5) is 13.9. The van der Waals surface area contributed by atoms with Gasteiger partial charge in [-0.1, -0.05) is 18.6 Å². The van der Waals surface area contributed by atoms with Crippen LogP contribution in [0.2, 0.25) is 0 Å². The fraction of sp³-hybridized carbons (Fsp3) is 0.533. The van der Waals surface area contributed by atoms with Gasteiger partial charge < -0.3 is 10.6 Å². The first-order valence-electron chi connectivity index (χ1n) is 6.87. The first-order chi connectivity index (χ1) is 9.12. The summed E-state index contributed by atoms with van der Waals surface area (Å²) in [6.45, 7) is 2.87. The smallest absolute Gasteiger partial charge is 0.227 e. The Balaban J connectivity index is 2.14. The van der Waals surface area contributed by atoms with Crippen molar-refractivity contribution in [3.8, 4) is 0 Å². The molecule has 2 rings (SSSR count). The third kappa shape index (κ3) is 2.78. The van der Waals surface area contributed by atoms with E-state index in [2.05, 4.69) is 0 Å². The number of para-hydroxylation sites is 1. The van der Waals surface area contributed by atoms with Crippen molar-refractivity contribution in [2.75, 3.05) is 18.0 Å². The summed E-state index contributed by atoms with van der Waals surface area (Å²) < 4.78 is 13.8. The molecule has 0 radical (unpaired) electrons. The molecule has 2 N–H and O–H groups in total. The van der Waals surface area contributed by atoms with Crippen LogP contribution in [0, 0.1) is 11.2 Å². The van der Waals surface area contributed by atoms with Crippen LogP contribution < -0.4 is 10.6 Å². The van der Waals surface area contributed by atoms with Gasteiger partial charge in [-0.25, -0.2) is 4.39 Å². The van der Waals surface area contributed by atoms with Crippen LogP contribution in [0.4, 0.5) is 10.1 Å². The van der Waals surface area contributed by atoms with Crippen LogP contribution in [0.5, 0.6) is 0 Å². The van der Waals surface area contributed by atoms with Gasteiger partial charge >= 0.3 is 0 Å². The lowest BCUT2D eigenvalue weighted by molar-refractivity contribution is -0.122. The second-order valence-corrected chi connectivity index (χ2v) is 5.32. The fourth-order valence-electron chi connectivity index (χ4n) is 2.70. The molecule has 0 saturated heterocycles. The van der Waals surface area contributed by atoms with Crippen LogP contribution in [0.1, 0.15) is 32.6 Å². The minimum Gasteiger partial charge on any atom is -0.330 e. The number of rotatable bonds is 5. The van der Waals surface area contributed by atoms with Gasteiger partial charge in [0.15, 0.2) is 0 Å². The molecule has 0 spiro atoms. The number of nitrogens with two attached hydrogens (primary N) is 1. The maximum absolute atomic E-state index is 13.8. The monoisotopic (exact) mass is 264 g/mol. The molecule has 1 aromatic rings. The Hall–Kier alpha value is -1.42. The molecule has 1 amide bonds. The Morgan fingerprint density at radius 2 is 2.11 bits per heavy atom. The van der Waals surface area contributed by atoms with Crippen LogP contribution in [-0.4, -0.2) is 19.0 Å². The number of benzene rings is 1. The molecule has 0 bridgehead atoms. The van der Waals surface area contributed by atoms with Crippen molar-refractivity contribution in [1.29, 1.82) is 0 Å². The SMILES string of the molecule is CCN(C(=O)CC1(CN)CCC1)c1ccccc1F. The molecule has 0 atom stereocenters. The summed E-state index contributed by atoms with van der Waals surface area (Å²) in [5, 5.41) is 0. The predicted octanol–water partition coefficient (Wildman–Crippen LogP) is 2.70. The van der Waals surface area contributed by atoms with Crippen LogP contribution in [-0.2, 0) is 4.79 Å². The van der Waals surface area contributed by atoms with Crippen molar-refractivity contribution in [1.82, 2.24) is 0 Å². The van der Waals surface area contributed by atoms with Gasteiger partial charge in [-0.2, -0.15) is 0 Å². The van der Waals surface area contributed by atoms with Gasteiger partial charge in [0.05, 0.1) is 5.69 Å². The van der Waals surface area contributed by atoms with E-state index in [9.17, 15) is 9.18 Å². The molecular weight excluding hydrogens is 243 g/mol. The van der Waals surface area contributed by atoms with E-state index in [1.54, 1.807) is 18.2 Å². The number of halogens is 1. The summed E-state index contributed by atoms with van der Waals surface area (Å²) in [6, 6.07) is 6.40. The highest BCUT2D eigenvalue weighted by molar-refractivity contribution is 5.93. The van der Waals surface area contributed by atoms with Crippen molar-refractivity contribution in [2.45, 2.75) is 32.6 Å². The van der Waals surface area contributed by atoms with Crippen LogP contribution in [0.25, 0.3) is 0 Å². The zero-order valence-corrected chi connectivity index (χ0v) is 11.4. The summed E-state index contributed by atoms with van der Waals surface area (Å²) >= 11 is 0. The number of amides is 1. The number of carbonyl (C=O) groups excluding carboxylic acids is 1. The molecule has 4 heteroatoms. The van der Waals surface area contributed by atoms with E-state index in [0.29, 0.717) is 25.2 Å². The zero-order valence-electron chi connectivity index (χ0n) is 11.4. The molecule has 1 aromatic carbocycles. The maximum Gasteiger partial charge on any atom is 0.227 e. The maximum atomic E-state index is 13.8. The molecule has 1 aliphatic rings. The standard InChI is InChI=1S/C15H21FN2O/c1-2-18(13-7-4-3-6-12(13)16)14(19)10-15(11-17)8-5-9-15/h3-4,6-7H,2,5,8-11,17H2,1H3. The van der Waals surface area contributed by atoms with Crippen molar-refractivity contribution in [2.24, 2.45) is 11.1 Å². The quantitative estimate of drug-likeness (QED) is 0.888. The van der Waals surface area contributed by atoms with Crippen LogP contribution >= 0.6 is 0 Å². The first kappa shape index (κ1) is 14.0. The molecule has 0 aliphatic heterocycles. The highest BCUT2D eigenvalue weighted by Gasteiger charge is 2.38. The molecule has 0 unspecified atom stereocenters. The number of carbonyl (C=O) groups is 1. The first-order valence-corrected chi connectivity index (χ1v) is 6.87. The molecule has 1 fully saturated rings. The molecule has 1 aliphatic carbocycles. The molecule has 19 heavy (non-hydrogen) atoms. The molecule has 104 valence electrons. The summed E-state index contributed by atoms with van der Waals surface area (Å²) in [7, 11) is 0. The number of nitrogens with zero attached hydrogens (tertiary/aromatic N) is 1. The van der Waals surface area contributed by atoms with Gasteiger partial charge in [0, 0.05) is 13.0 Å². The normalized spacial score (nSPS) is 16.8. The lowest BCUT2D eigenvalue weighted by atomic mass is 9.66. The van der Waals surface area contributed by atoms with Gasteiger partial charge in [-0.3, -0.25) is 4.79 Å². The minimum atomic E-state index is -0.354. The number of hydrogen-bond donors (Lipinski definition) is 1. The minimum absolute atomic E-state index is 0.0299. The zero-order chi connectivity index (χ0) is 13.9. The molecule has 0 heterocycles. The van der Waals surface area contributed by atoms with E-state index >= 15 is 0 Å². The Morgan fingerprint density at radius 3 is 2.58 bits per heavy atom. The Labute approximate surface area is 113 Å². The van der Waals surface area contributed by atoms with Crippen molar-refractivity contribution < 1.29 is 9.18 Å². The van der Waals surface area contributed by atoms with E-state index in [1.165, 1.54) is 11.0 Å². The predicted molar refractivity (Wildman–Crippen MR) is 74.4 cm³/mol. The third-order valence-electron chi connectivity index (χ3n) is 4.13. The second kappa shape index (κ2) is 5.70. The largest absolute Gasteiger partial charge is 0.330 e. The Morgan fingerprint density at radius 1 is 1.42 bits per heavy atom. The van der Waals surface area contributed by atoms with Crippen LogP contribution in [0.3, 0.4) is 0 Å². The fourth-order valence-corrected chi connectivity index (χ4v) is 2.70. The van der Waals surface area contributed by atoms with Crippen molar-refractivity contribution in [3.05, 3.63) is 30.1 Å². The summed E-state index contributed by atoms with van der Waals surface area (Å²) in [5.74, 6) is -0.383. The average molecular weight is 264 g/mol. The Kier molecular flexibility index (Phi) is 4.20. The lowest BCUT2D eigenvalue weighted by Crippen LogP contribution is -2.43. The summed E-state index contributed by atoms with van der Waals surface area (Å²) in [5.41, 5.74) is 6.10. The topological polar surface area (TPSA) is 46.3 Å². The van der Waals surface area contributed by atoms with Crippen LogP contribution in [0.15, 0.2) is 24.3 Å². The lowest BCUT2D eigenvalue weighted by Gasteiger charge is -2.41. The second-order valence-electron chi connectivity index (χ2n) is 5.32. The highest BCUT2D eigenvalue weighted by atomic mass is 19.1. The van der Waals surface area contributed by atoms with Gasteiger partial charge in [0.25, 0.3) is 0 Å². The highest BCUT2D eigenvalue weighted by Crippen LogP contribution is 2.43. The van der Waals surface area contributed by atoms with Gasteiger partial charge in [0.2, 0.25) is 5.91 Å². The summed E-state index contributed by atoms with van der Waals surface area (Å²) in [6.07, 6.45) is 3.57. The number of hydrogen-bond acceptors (Lipinski definition) is 2. The van der Waals surface area contributed by atoms with E-state index in [-0.39, 0.29) is 17.1 Å². The van der Waals surface area contributed by atoms with E-state index < -0.39 is 0 Å². The Bertz CT molecular complexity index is 452. The third-order valence-corrected chi connectivity index (χ3v) is 4.13. The van der Waals surface area contributed by atoms with Gasteiger partial charge in [-0.15, -0.1) is 0 Å². The average Bonchev–Trinajstić information content (AvgIpc) is 2.37. The van der Waals surface area contributed by atoms with Gasteiger partial charge in [-0.05, 0) is 43.9 Å². The van der Waals surface area contributed by atoms with Gasteiger partial charge in [0.1, 0.15) is 5.82 Å². The molecule has 0 aromatic heterocycles. The molecule has 1 saturated carbocycles. The van der Waals surface area contributed by atoms with E-state index in [0.717, 1.165) is 19.3 Å². The molecular formula is C15H21FN2O.